The summed E-state index contributed by atoms with van der Waals surface area (Å²) in [6, 6.07) is 6.50. The number of halogens is 2. The average Bonchev–Trinajstić information content (AvgIpc) is 3.25. The van der Waals surface area contributed by atoms with Crippen molar-refractivity contribution in [2.75, 3.05) is 0 Å². The summed E-state index contributed by atoms with van der Waals surface area (Å²) in [7, 11) is 0. The maximum atomic E-state index is 14.2. The summed E-state index contributed by atoms with van der Waals surface area (Å²) >= 11 is 3.24. The van der Waals surface area contributed by atoms with Crippen LogP contribution in [0.3, 0.4) is 0 Å². The van der Waals surface area contributed by atoms with E-state index in [2.05, 4.69) is 20.9 Å². The van der Waals surface area contributed by atoms with Gasteiger partial charge in [-0.3, -0.25) is 0 Å². The summed E-state index contributed by atoms with van der Waals surface area (Å²) in [5.74, 6) is -0.991. The normalized spacial score (nSPS) is 14.3. The van der Waals surface area contributed by atoms with Crippen molar-refractivity contribution in [1.29, 1.82) is 0 Å². The Labute approximate surface area is 139 Å². The number of benzene rings is 1. The van der Waals surface area contributed by atoms with E-state index >= 15 is 0 Å². The molecule has 0 atom stereocenters. The number of aromatic carboxylic acids is 1. The molecule has 0 spiro atoms. The fourth-order valence-electron chi connectivity index (χ4n) is 2.76. The molecule has 1 N–H and O–H groups in total. The number of carboxylic acids is 1. The molecule has 0 radical (unpaired) electrons. The van der Waals surface area contributed by atoms with Gasteiger partial charge >= 0.3 is 5.97 Å². The highest BCUT2D eigenvalue weighted by atomic mass is 79.9. The molecule has 4 nitrogen and oxygen atoms in total. The first-order valence-electron chi connectivity index (χ1n) is 7.24. The molecular formula is C17H12BrFN2O2. The fourth-order valence-corrected chi connectivity index (χ4v) is 3.10. The largest absolute Gasteiger partial charge is 0.478 e. The Bertz CT molecular complexity index is 947. The van der Waals surface area contributed by atoms with Crippen molar-refractivity contribution in [3.05, 3.63) is 58.1 Å². The monoisotopic (exact) mass is 374 g/mol. The highest BCUT2D eigenvalue weighted by Gasteiger charge is 2.28. The third-order valence-corrected chi connectivity index (χ3v) is 4.54. The third-order valence-electron chi connectivity index (χ3n) is 4.05. The molecule has 1 fully saturated rings. The first kappa shape index (κ1) is 14.4. The van der Waals surface area contributed by atoms with Gasteiger partial charge in [0.05, 0.1) is 11.3 Å². The Morgan fingerprint density at radius 2 is 2.09 bits per heavy atom. The zero-order valence-electron chi connectivity index (χ0n) is 12.0. The summed E-state index contributed by atoms with van der Waals surface area (Å²) in [6.45, 7) is 0. The standard InChI is InChI=1S/C17H12BrFN2O2/c18-11-3-4-12(14(19)6-11)15-8-21-7-10(17(22)23)5-13(9-1-2-9)16(21)20-15/h3-9H,1-2H2,(H,22,23). The molecule has 1 saturated carbocycles. The van der Waals surface area contributed by atoms with Crippen LogP contribution in [0.2, 0.25) is 0 Å². The molecular weight excluding hydrogens is 363 g/mol. The number of hydrogen-bond acceptors (Lipinski definition) is 2. The van der Waals surface area contributed by atoms with E-state index in [0.29, 0.717) is 27.3 Å². The van der Waals surface area contributed by atoms with Crippen LogP contribution in [0.15, 0.2) is 41.1 Å². The summed E-state index contributed by atoms with van der Waals surface area (Å²) in [5.41, 5.74) is 2.75. The molecule has 2 heterocycles. The molecule has 116 valence electrons. The van der Waals surface area contributed by atoms with Gasteiger partial charge in [0.1, 0.15) is 11.5 Å². The van der Waals surface area contributed by atoms with Gasteiger partial charge in [-0.25, -0.2) is 14.2 Å². The van der Waals surface area contributed by atoms with Gasteiger partial charge in [0.15, 0.2) is 0 Å². The predicted octanol–water partition coefficient (Wildman–Crippen LogP) is 4.48. The van der Waals surface area contributed by atoms with Gasteiger partial charge in [-0.2, -0.15) is 0 Å². The van der Waals surface area contributed by atoms with Crippen molar-refractivity contribution >= 4 is 27.5 Å². The number of rotatable bonds is 3. The highest BCUT2D eigenvalue weighted by molar-refractivity contribution is 9.10. The maximum Gasteiger partial charge on any atom is 0.337 e. The summed E-state index contributed by atoms with van der Waals surface area (Å²) < 4.78 is 16.5. The number of hydrogen-bond donors (Lipinski definition) is 1. The van der Waals surface area contributed by atoms with E-state index in [9.17, 15) is 14.3 Å². The minimum absolute atomic E-state index is 0.222. The molecule has 3 aromatic rings. The van der Waals surface area contributed by atoms with Crippen LogP contribution in [0.25, 0.3) is 16.9 Å². The van der Waals surface area contributed by atoms with Crippen LogP contribution in [-0.4, -0.2) is 20.5 Å². The lowest BCUT2D eigenvalue weighted by molar-refractivity contribution is 0.0696. The lowest BCUT2D eigenvalue weighted by Gasteiger charge is -2.03. The van der Waals surface area contributed by atoms with E-state index < -0.39 is 5.97 Å². The second kappa shape index (κ2) is 5.16. The number of aromatic nitrogens is 2. The molecule has 6 heteroatoms. The smallest absolute Gasteiger partial charge is 0.337 e. The third kappa shape index (κ3) is 2.53. The van der Waals surface area contributed by atoms with Crippen molar-refractivity contribution in [3.8, 4) is 11.3 Å². The number of imidazole rings is 1. The number of fused-ring (bicyclic) bond motifs is 1. The molecule has 1 aliphatic rings. The van der Waals surface area contributed by atoms with Gasteiger partial charge in [0.25, 0.3) is 0 Å². The number of pyridine rings is 1. The van der Waals surface area contributed by atoms with Crippen LogP contribution in [0.1, 0.15) is 34.7 Å². The van der Waals surface area contributed by atoms with Crippen LogP contribution < -0.4 is 0 Å². The Hall–Kier alpha value is -2.21. The minimum Gasteiger partial charge on any atom is -0.478 e. The summed E-state index contributed by atoms with van der Waals surface area (Å²) in [6.07, 6.45) is 5.28. The van der Waals surface area contributed by atoms with Crippen molar-refractivity contribution in [3.63, 3.8) is 0 Å². The van der Waals surface area contributed by atoms with Gasteiger partial charge in [-0.15, -0.1) is 0 Å². The second-order valence-corrected chi connectivity index (χ2v) is 6.66. The quantitative estimate of drug-likeness (QED) is 0.735. The van der Waals surface area contributed by atoms with E-state index in [1.807, 2.05) is 0 Å². The Balaban J connectivity index is 1.93. The molecule has 1 aliphatic carbocycles. The lowest BCUT2D eigenvalue weighted by atomic mass is 10.1. The van der Waals surface area contributed by atoms with Gasteiger partial charge in [0.2, 0.25) is 0 Å². The number of carboxylic acid groups (broad SMARTS) is 1. The highest BCUT2D eigenvalue weighted by Crippen LogP contribution is 2.42. The molecule has 4 rings (SSSR count). The molecule has 0 amide bonds. The van der Waals surface area contributed by atoms with E-state index in [-0.39, 0.29) is 11.4 Å². The SMILES string of the molecule is O=C(O)c1cc(C2CC2)c2nc(-c3ccc(Br)cc3F)cn2c1. The van der Waals surface area contributed by atoms with Crippen LogP contribution >= 0.6 is 15.9 Å². The van der Waals surface area contributed by atoms with Crippen molar-refractivity contribution < 1.29 is 14.3 Å². The average molecular weight is 375 g/mol. The molecule has 0 bridgehead atoms. The first-order chi connectivity index (χ1) is 11.0. The molecule has 0 unspecified atom stereocenters. The van der Waals surface area contributed by atoms with Crippen molar-refractivity contribution in [2.45, 2.75) is 18.8 Å². The second-order valence-electron chi connectivity index (χ2n) is 5.74. The van der Waals surface area contributed by atoms with Gasteiger partial charge in [-0.1, -0.05) is 15.9 Å². The van der Waals surface area contributed by atoms with E-state index in [1.54, 1.807) is 28.8 Å². The minimum atomic E-state index is -0.973. The molecule has 2 aromatic heterocycles. The fraction of sp³-hybridized carbons (Fsp3) is 0.176. The van der Waals surface area contributed by atoms with Crippen molar-refractivity contribution in [1.82, 2.24) is 9.38 Å². The number of nitrogens with zero attached hydrogens (tertiary/aromatic N) is 2. The Morgan fingerprint density at radius 1 is 1.30 bits per heavy atom. The molecule has 23 heavy (non-hydrogen) atoms. The predicted molar refractivity (Wildman–Crippen MR) is 87.2 cm³/mol. The van der Waals surface area contributed by atoms with E-state index in [1.165, 1.54) is 12.3 Å². The van der Waals surface area contributed by atoms with E-state index in [0.717, 1.165) is 18.4 Å². The maximum absolute atomic E-state index is 14.2. The van der Waals surface area contributed by atoms with Crippen LogP contribution in [-0.2, 0) is 0 Å². The van der Waals surface area contributed by atoms with Crippen molar-refractivity contribution in [2.24, 2.45) is 0 Å². The lowest BCUT2D eigenvalue weighted by Crippen LogP contribution is -2.01. The van der Waals surface area contributed by atoms with Gasteiger partial charge in [-0.05, 0) is 48.6 Å². The van der Waals surface area contributed by atoms with Crippen LogP contribution in [0, 0.1) is 5.82 Å². The zero-order valence-corrected chi connectivity index (χ0v) is 13.5. The van der Waals surface area contributed by atoms with Gasteiger partial charge < -0.3 is 9.51 Å². The first-order valence-corrected chi connectivity index (χ1v) is 8.03. The topological polar surface area (TPSA) is 54.6 Å². The number of carbonyl (C=O) groups is 1. The van der Waals surface area contributed by atoms with E-state index in [4.69, 9.17) is 0 Å². The summed E-state index contributed by atoms with van der Waals surface area (Å²) in [4.78, 5) is 15.9. The molecule has 0 aliphatic heterocycles. The summed E-state index contributed by atoms with van der Waals surface area (Å²) in [5, 5.41) is 9.27. The molecule has 1 aromatic carbocycles. The van der Waals surface area contributed by atoms with Gasteiger partial charge in [0, 0.05) is 22.4 Å². The molecule has 0 saturated heterocycles. The Morgan fingerprint density at radius 3 is 2.74 bits per heavy atom. The zero-order chi connectivity index (χ0) is 16.1. The van der Waals surface area contributed by atoms with Crippen LogP contribution in [0.5, 0.6) is 0 Å². The van der Waals surface area contributed by atoms with Crippen LogP contribution in [0.4, 0.5) is 4.39 Å². The Kier molecular flexibility index (Phi) is 3.23.